The molecular formula is C27H23ClF6N6O4. The van der Waals surface area contributed by atoms with E-state index in [1.807, 2.05) is 0 Å². The molecule has 4 aromatic rings. The Bertz CT molecular complexity index is 1680. The number of amides is 1. The van der Waals surface area contributed by atoms with E-state index >= 15 is 4.39 Å². The molecule has 3 heterocycles. The third kappa shape index (κ3) is 7.55. The van der Waals surface area contributed by atoms with Gasteiger partial charge >= 0.3 is 11.9 Å². The molecule has 1 amide bonds. The maximum absolute atomic E-state index is 15.5. The number of rotatable bonds is 11. The second kappa shape index (κ2) is 13.5. The number of halogens is 7. The highest BCUT2D eigenvalue weighted by Gasteiger charge is 2.39. The summed E-state index contributed by atoms with van der Waals surface area (Å²) in [5, 5.41) is 6.03. The zero-order valence-corrected chi connectivity index (χ0v) is 23.7. The molecule has 1 N–H and O–H groups in total. The second-order valence-corrected chi connectivity index (χ2v) is 9.64. The van der Waals surface area contributed by atoms with Crippen LogP contribution >= 0.6 is 11.6 Å². The third-order valence-corrected chi connectivity index (χ3v) is 6.36. The van der Waals surface area contributed by atoms with Gasteiger partial charge in [-0.3, -0.25) is 9.36 Å². The van der Waals surface area contributed by atoms with Gasteiger partial charge in [-0.05, 0) is 37.1 Å². The molecule has 0 saturated carbocycles. The molecule has 44 heavy (non-hydrogen) atoms. The summed E-state index contributed by atoms with van der Waals surface area (Å²) >= 11 is 6.02. The monoisotopic (exact) mass is 644 g/mol. The minimum Gasteiger partial charge on any atom is -0.464 e. The number of carbonyl (C=O) groups excluding carboxylic acids is 1. The van der Waals surface area contributed by atoms with E-state index < -0.39 is 66.5 Å². The van der Waals surface area contributed by atoms with E-state index in [2.05, 4.69) is 20.4 Å². The Balaban J connectivity index is 1.76. The summed E-state index contributed by atoms with van der Waals surface area (Å²) in [6, 6.07) is 10.7. The predicted octanol–water partition coefficient (Wildman–Crippen LogP) is 5.49. The fourth-order valence-corrected chi connectivity index (χ4v) is 4.04. The second-order valence-electron chi connectivity index (χ2n) is 9.29. The standard InChI is InChI=1S/C27H23ClF6N6O4/c1-14-8-9-35-22(28)21(14)36-24(41)17-10-18(29)23(37-25(17)44-15(2)27(32,33)34)40-26(42)39(11-19(30)31)20(38-40)13-43-12-16-6-4-3-5-7-16/h3-10,15,19H,11-13H2,1-2H3,(H,36,41)/t15-/m0/s1. The highest BCUT2D eigenvalue weighted by Crippen LogP contribution is 2.30. The molecule has 0 fully saturated rings. The maximum atomic E-state index is 15.5. The van der Waals surface area contributed by atoms with E-state index in [4.69, 9.17) is 21.1 Å². The quantitative estimate of drug-likeness (QED) is 0.170. The maximum Gasteiger partial charge on any atom is 0.425 e. The first-order chi connectivity index (χ1) is 20.8. The summed E-state index contributed by atoms with van der Waals surface area (Å²) in [6.45, 7) is 0.564. The lowest BCUT2D eigenvalue weighted by Crippen LogP contribution is -2.33. The minimum atomic E-state index is -4.94. The number of aryl methyl sites for hydroxylation is 1. The van der Waals surface area contributed by atoms with Crippen LogP contribution in [-0.4, -0.2) is 48.9 Å². The number of pyridine rings is 2. The van der Waals surface area contributed by atoms with Crippen molar-refractivity contribution < 1.29 is 40.6 Å². The van der Waals surface area contributed by atoms with Crippen LogP contribution in [-0.2, 0) is 24.5 Å². The molecule has 17 heteroatoms. The van der Waals surface area contributed by atoms with E-state index in [1.54, 1.807) is 37.3 Å². The number of nitrogens with one attached hydrogen (secondary N) is 1. The van der Waals surface area contributed by atoms with Gasteiger partial charge in [-0.15, -0.1) is 5.10 Å². The summed E-state index contributed by atoms with van der Waals surface area (Å²) in [6.07, 6.45) is -9.17. The van der Waals surface area contributed by atoms with Gasteiger partial charge in [-0.2, -0.15) is 22.8 Å². The summed E-state index contributed by atoms with van der Waals surface area (Å²) in [7, 11) is 0. The Kier molecular flexibility index (Phi) is 9.94. The topological polar surface area (TPSA) is 113 Å². The van der Waals surface area contributed by atoms with Crippen LogP contribution < -0.4 is 15.7 Å². The van der Waals surface area contributed by atoms with Crippen molar-refractivity contribution in [1.29, 1.82) is 0 Å². The van der Waals surface area contributed by atoms with E-state index in [0.717, 1.165) is 5.56 Å². The molecule has 0 saturated heterocycles. The predicted molar refractivity (Wildman–Crippen MR) is 145 cm³/mol. The minimum absolute atomic E-state index is 0.0134. The number of alkyl halides is 5. The van der Waals surface area contributed by atoms with Crippen LogP contribution in [0.5, 0.6) is 5.88 Å². The first kappa shape index (κ1) is 32.5. The lowest BCUT2D eigenvalue weighted by Gasteiger charge is -2.19. The fraction of sp³-hybridized carbons (Fsp3) is 0.296. The van der Waals surface area contributed by atoms with Crippen LogP contribution in [0.15, 0.2) is 53.5 Å². The van der Waals surface area contributed by atoms with Gasteiger partial charge in [0.1, 0.15) is 12.2 Å². The number of ether oxygens (including phenoxy) is 2. The first-order valence-corrected chi connectivity index (χ1v) is 13.1. The van der Waals surface area contributed by atoms with Crippen LogP contribution in [0.1, 0.15) is 34.2 Å². The van der Waals surface area contributed by atoms with E-state index in [9.17, 15) is 31.5 Å². The number of hydrogen-bond donors (Lipinski definition) is 1. The fourth-order valence-electron chi connectivity index (χ4n) is 3.79. The molecule has 0 aliphatic rings. The van der Waals surface area contributed by atoms with Crippen LogP contribution in [0.2, 0.25) is 5.15 Å². The van der Waals surface area contributed by atoms with E-state index in [0.29, 0.717) is 23.1 Å². The smallest absolute Gasteiger partial charge is 0.425 e. The summed E-state index contributed by atoms with van der Waals surface area (Å²) in [5.74, 6) is -4.96. The largest absolute Gasteiger partial charge is 0.464 e. The lowest BCUT2D eigenvalue weighted by molar-refractivity contribution is -0.190. The molecule has 0 aliphatic heterocycles. The Morgan fingerprint density at radius 1 is 1.14 bits per heavy atom. The molecule has 1 aromatic carbocycles. The van der Waals surface area contributed by atoms with Crippen LogP contribution in [0.25, 0.3) is 5.82 Å². The third-order valence-electron chi connectivity index (χ3n) is 6.07. The van der Waals surface area contributed by atoms with Gasteiger partial charge in [0, 0.05) is 6.20 Å². The van der Waals surface area contributed by atoms with Crippen LogP contribution in [0, 0.1) is 12.7 Å². The highest BCUT2D eigenvalue weighted by molar-refractivity contribution is 6.33. The van der Waals surface area contributed by atoms with Crippen molar-refractivity contribution in [2.75, 3.05) is 5.32 Å². The van der Waals surface area contributed by atoms with Crippen molar-refractivity contribution in [1.82, 2.24) is 24.3 Å². The Hall–Kier alpha value is -4.44. The SMILES string of the molecule is Cc1ccnc(Cl)c1NC(=O)c1cc(F)c(-n2nc(COCc3ccccc3)n(CC(F)F)c2=O)nc1O[C@@H](C)C(F)(F)F. The summed E-state index contributed by atoms with van der Waals surface area (Å²) in [4.78, 5) is 33.7. The Morgan fingerprint density at radius 3 is 2.48 bits per heavy atom. The van der Waals surface area contributed by atoms with Crippen LogP contribution in [0.3, 0.4) is 0 Å². The van der Waals surface area contributed by atoms with Crippen molar-refractivity contribution in [2.24, 2.45) is 0 Å². The normalized spacial score (nSPS) is 12.4. The van der Waals surface area contributed by atoms with Gasteiger partial charge in [0.25, 0.3) is 12.3 Å². The molecule has 0 aliphatic carbocycles. The van der Waals surface area contributed by atoms with Gasteiger partial charge in [0.15, 0.2) is 28.7 Å². The van der Waals surface area contributed by atoms with Crippen molar-refractivity contribution in [3.05, 3.63) is 92.6 Å². The number of benzene rings is 1. The molecule has 1 atom stereocenters. The molecule has 234 valence electrons. The van der Waals surface area contributed by atoms with Crippen molar-refractivity contribution in [3.8, 4) is 11.7 Å². The van der Waals surface area contributed by atoms with E-state index in [-0.39, 0.29) is 28.0 Å². The van der Waals surface area contributed by atoms with Gasteiger partial charge in [0.2, 0.25) is 5.88 Å². The van der Waals surface area contributed by atoms with Crippen molar-refractivity contribution in [2.45, 2.75) is 52.3 Å². The van der Waals surface area contributed by atoms with Gasteiger partial charge in [-0.1, -0.05) is 41.9 Å². The van der Waals surface area contributed by atoms with Gasteiger partial charge in [0.05, 0.1) is 18.8 Å². The molecule has 3 aromatic heterocycles. The molecule has 0 unspecified atom stereocenters. The molecule has 0 bridgehead atoms. The zero-order valence-electron chi connectivity index (χ0n) is 22.9. The van der Waals surface area contributed by atoms with Gasteiger partial charge < -0.3 is 14.8 Å². The number of nitrogens with zero attached hydrogens (tertiary/aromatic N) is 5. The number of aromatic nitrogens is 5. The average molecular weight is 645 g/mol. The van der Waals surface area contributed by atoms with Gasteiger partial charge in [-0.25, -0.2) is 22.9 Å². The molecule has 10 nitrogen and oxygen atoms in total. The molecular weight excluding hydrogens is 622 g/mol. The average Bonchev–Trinajstić information content (AvgIpc) is 3.25. The Labute approximate surface area is 250 Å². The number of hydrogen-bond acceptors (Lipinski definition) is 7. The first-order valence-electron chi connectivity index (χ1n) is 12.7. The summed E-state index contributed by atoms with van der Waals surface area (Å²) < 4.78 is 93.5. The Morgan fingerprint density at radius 2 is 1.84 bits per heavy atom. The lowest BCUT2D eigenvalue weighted by atomic mass is 10.2. The molecule has 0 spiro atoms. The number of carbonyl (C=O) groups is 1. The summed E-state index contributed by atoms with van der Waals surface area (Å²) in [5.41, 5.74) is -0.958. The van der Waals surface area contributed by atoms with Crippen molar-refractivity contribution >= 4 is 23.2 Å². The molecule has 4 rings (SSSR count). The number of anilines is 1. The van der Waals surface area contributed by atoms with Crippen LogP contribution in [0.4, 0.5) is 32.0 Å². The zero-order chi connectivity index (χ0) is 32.2. The highest BCUT2D eigenvalue weighted by atomic mass is 35.5. The van der Waals surface area contributed by atoms with Crippen molar-refractivity contribution in [3.63, 3.8) is 0 Å². The van der Waals surface area contributed by atoms with E-state index in [1.165, 1.54) is 12.3 Å². The molecule has 0 radical (unpaired) electrons.